The van der Waals surface area contributed by atoms with Crippen LogP contribution < -0.4 is 9.47 Å². The van der Waals surface area contributed by atoms with Gasteiger partial charge in [0, 0.05) is 19.2 Å². The smallest absolute Gasteiger partial charge is 0.355 e. The van der Waals surface area contributed by atoms with Crippen molar-refractivity contribution >= 4 is 39.4 Å². The van der Waals surface area contributed by atoms with Gasteiger partial charge in [-0.2, -0.15) is 4.31 Å². The lowest BCUT2D eigenvalue weighted by Gasteiger charge is -2.15. The van der Waals surface area contributed by atoms with Gasteiger partial charge in [-0.1, -0.05) is 6.07 Å². The predicted molar refractivity (Wildman–Crippen MR) is 111 cm³/mol. The van der Waals surface area contributed by atoms with Gasteiger partial charge in [-0.05, 0) is 48.1 Å². The quantitative estimate of drug-likeness (QED) is 0.362. The molecular formula is C20H21NO7S2. The molecule has 0 saturated carbocycles. The number of thiophene rings is 1. The minimum atomic E-state index is -3.75. The monoisotopic (exact) mass is 451 g/mol. The largest absolute Gasteiger partial charge is 0.493 e. The van der Waals surface area contributed by atoms with Crippen LogP contribution in [-0.2, 0) is 19.6 Å². The molecule has 2 aromatic rings. The average Bonchev–Trinajstić information content (AvgIpc) is 3.45. The lowest BCUT2D eigenvalue weighted by atomic mass is 10.2. The van der Waals surface area contributed by atoms with Crippen molar-refractivity contribution in [3.8, 4) is 11.5 Å². The SMILES string of the molecule is COC(=O)/C=C/c1ccc(OC(=O)c2sccc2S(=O)(=O)N2CCCC2)c(OC)c1. The molecule has 0 N–H and O–H groups in total. The van der Waals surface area contributed by atoms with E-state index in [4.69, 9.17) is 9.47 Å². The van der Waals surface area contributed by atoms with E-state index in [2.05, 4.69) is 4.74 Å². The molecule has 0 aliphatic carbocycles. The fourth-order valence-corrected chi connectivity index (χ4v) is 5.75. The van der Waals surface area contributed by atoms with Crippen molar-refractivity contribution in [2.75, 3.05) is 27.3 Å². The highest BCUT2D eigenvalue weighted by Gasteiger charge is 2.32. The summed E-state index contributed by atoms with van der Waals surface area (Å²) in [6.07, 6.45) is 4.38. The van der Waals surface area contributed by atoms with Gasteiger partial charge in [-0.25, -0.2) is 18.0 Å². The van der Waals surface area contributed by atoms with E-state index in [0.29, 0.717) is 18.7 Å². The van der Waals surface area contributed by atoms with Gasteiger partial charge < -0.3 is 14.2 Å². The molecule has 30 heavy (non-hydrogen) atoms. The van der Waals surface area contributed by atoms with Crippen LogP contribution in [0.5, 0.6) is 11.5 Å². The number of hydrogen-bond donors (Lipinski definition) is 0. The molecule has 0 spiro atoms. The number of nitrogens with zero attached hydrogens (tertiary/aromatic N) is 1. The van der Waals surface area contributed by atoms with Crippen LogP contribution in [0.4, 0.5) is 0 Å². The van der Waals surface area contributed by atoms with Crippen molar-refractivity contribution in [1.29, 1.82) is 0 Å². The zero-order valence-corrected chi connectivity index (χ0v) is 18.1. The molecule has 1 aromatic carbocycles. The number of methoxy groups -OCH3 is 2. The highest BCUT2D eigenvalue weighted by atomic mass is 32.2. The molecule has 10 heteroatoms. The molecule has 1 fully saturated rings. The Morgan fingerprint density at radius 3 is 2.50 bits per heavy atom. The number of esters is 2. The lowest BCUT2D eigenvalue weighted by Crippen LogP contribution is -2.29. The van der Waals surface area contributed by atoms with Gasteiger partial charge in [0.15, 0.2) is 11.5 Å². The zero-order valence-electron chi connectivity index (χ0n) is 16.5. The van der Waals surface area contributed by atoms with Crippen LogP contribution in [0.3, 0.4) is 0 Å². The predicted octanol–water partition coefficient (Wildman–Crippen LogP) is 2.95. The maximum absolute atomic E-state index is 12.8. The van der Waals surface area contributed by atoms with Gasteiger partial charge in [0.25, 0.3) is 0 Å². The molecule has 160 valence electrons. The minimum Gasteiger partial charge on any atom is -0.493 e. The Kier molecular flexibility index (Phi) is 6.91. The first-order chi connectivity index (χ1) is 14.4. The van der Waals surface area contributed by atoms with Crippen molar-refractivity contribution in [2.24, 2.45) is 0 Å². The van der Waals surface area contributed by atoms with Gasteiger partial charge in [-0.3, -0.25) is 0 Å². The van der Waals surface area contributed by atoms with Crippen LogP contribution in [-0.4, -0.2) is 52.0 Å². The molecule has 0 atom stereocenters. The molecule has 8 nitrogen and oxygen atoms in total. The fourth-order valence-electron chi connectivity index (χ4n) is 2.97. The average molecular weight is 452 g/mol. The summed E-state index contributed by atoms with van der Waals surface area (Å²) >= 11 is 1.01. The minimum absolute atomic E-state index is 0.0126. The van der Waals surface area contributed by atoms with Gasteiger partial charge >= 0.3 is 11.9 Å². The third-order valence-corrected chi connectivity index (χ3v) is 7.47. The molecule has 1 aliphatic heterocycles. The third kappa shape index (κ3) is 4.72. The number of rotatable bonds is 7. The summed E-state index contributed by atoms with van der Waals surface area (Å²) < 4.78 is 42.3. The molecular weight excluding hydrogens is 430 g/mol. The van der Waals surface area contributed by atoms with E-state index in [1.54, 1.807) is 17.5 Å². The Morgan fingerprint density at radius 2 is 1.83 bits per heavy atom. The Hall–Kier alpha value is -2.69. The molecule has 1 aromatic heterocycles. The van der Waals surface area contributed by atoms with Gasteiger partial charge in [0.2, 0.25) is 10.0 Å². The van der Waals surface area contributed by atoms with Gasteiger partial charge in [0.05, 0.1) is 14.2 Å². The Bertz CT molecular complexity index is 1070. The Morgan fingerprint density at radius 1 is 1.10 bits per heavy atom. The summed E-state index contributed by atoms with van der Waals surface area (Å²) in [6.45, 7) is 0.891. The number of ether oxygens (including phenoxy) is 3. The maximum atomic E-state index is 12.8. The van der Waals surface area contributed by atoms with Crippen LogP contribution in [0.15, 0.2) is 40.6 Å². The van der Waals surface area contributed by atoms with Crippen LogP contribution in [0.1, 0.15) is 28.1 Å². The highest BCUT2D eigenvalue weighted by molar-refractivity contribution is 7.89. The summed E-state index contributed by atoms with van der Waals surface area (Å²) in [5, 5.41) is 1.55. The molecule has 0 radical (unpaired) electrons. The fraction of sp³-hybridized carbons (Fsp3) is 0.300. The van der Waals surface area contributed by atoms with Gasteiger partial charge in [0.1, 0.15) is 9.77 Å². The number of carbonyl (C=O) groups excluding carboxylic acids is 2. The lowest BCUT2D eigenvalue weighted by molar-refractivity contribution is -0.134. The van der Waals surface area contributed by atoms with Crippen LogP contribution in [0.25, 0.3) is 6.08 Å². The number of hydrogen-bond acceptors (Lipinski definition) is 8. The third-order valence-electron chi connectivity index (χ3n) is 4.50. The molecule has 3 rings (SSSR count). The first-order valence-corrected chi connectivity index (χ1v) is 11.4. The summed E-state index contributed by atoms with van der Waals surface area (Å²) in [5.41, 5.74) is 0.630. The number of sulfonamides is 1. The van der Waals surface area contributed by atoms with Crippen molar-refractivity contribution in [2.45, 2.75) is 17.7 Å². The van der Waals surface area contributed by atoms with Crippen LogP contribution >= 0.6 is 11.3 Å². The highest BCUT2D eigenvalue weighted by Crippen LogP contribution is 2.32. The molecule has 1 aliphatic rings. The summed E-state index contributed by atoms with van der Waals surface area (Å²) in [7, 11) is -1.06. The van der Waals surface area contributed by atoms with E-state index in [0.717, 1.165) is 24.2 Å². The summed E-state index contributed by atoms with van der Waals surface area (Å²) in [5.74, 6) is -0.889. The van der Waals surface area contributed by atoms with Crippen molar-refractivity contribution in [3.63, 3.8) is 0 Å². The molecule has 0 bridgehead atoms. The molecule has 0 unspecified atom stereocenters. The molecule has 0 amide bonds. The van der Waals surface area contributed by atoms with Crippen molar-refractivity contribution in [1.82, 2.24) is 4.31 Å². The first kappa shape index (κ1) is 22.0. The van der Waals surface area contributed by atoms with Crippen LogP contribution in [0, 0.1) is 0 Å². The van der Waals surface area contributed by atoms with Crippen molar-refractivity contribution < 1.29 is 32.2 Å². The van der Waals surface area contributed by atoms with E-state index < -0.39 is 22.0 Å². The summed E-state index contributed by atoms with van der Waals surface area (Å²) in [4.78, 5) is 23.9. The topological polar surface area (TPSA) is 99.2 Å². The zero-order chi connectivity index (χ0) is 21.7. The number of carbonyl (C=O) groups is 2. The maximum Gasteiger partial charge on any atom is 0.355 e. The summed E-state index contributed by atoms with van der Waals surface area (Å²) in [6, 6.07) is 6.14. The standard InChI is InChI=1S/C20H21NO7S2/c1-26-16-13-14(6-8-18(22)27-2)5-7-15(16)28-20(23)19-17(9-12-29-19)30(24,25)21-10-3-4-11-21/h5-9,12-13H,3-4,10-11H2,1-2H3/b8-6+. The van der Waals surface area contributed by atoms with E-state index in [9.17, 15) is 18.0 Å². The number of benzene rings is 1. The van der Waals surface area contributed by atoms with E-state index >= 15 is 0 Å². The van der Waals surface area contributed by atoms with Crippen LogP contribution in [0.2, 0.25) is 0 Å². The second-order valence-corrected chi connectivity index (χ2v) is 9.20. The molecule has 1 saturated heterocycles. The van der Waals surface area contributed by atoms with E-state index in [1.165, 1.54) is 42.8 Å². The van der Waals surface area contributed by atoms with Gasteiger partial charge in [-0.15, -0.1) is 11.3 Å². The first-order valence-electron chi connectivity index (χ1n) is 9.10. The van der Waals surface area contributed by atoms with E-state index in [1.807, 2.05) is 0 Å². The second-order valence-electron chi connectivity index (χ2n) is 6.38. The Labute approximate surface area is 178 Å². The van der Waals surface area contributed by atoms with Crippen molar-refractivity contribution in [3.05, 3.63) is 46.2 Å². The Balaban J connectivity index is 1.82. The normalized spacial score (nSPS) is 14.7. The second kappa shape index (κ2) is 9.41. The van der Waals surface area contributed by atoms with E-state index in [-0.39, 0.29) is 21.3 Å². The molecule has 2 heterocycles.